The van der Waals surface area contributed by atoms with Gasteiger partial charge in [0.15, 0.2) is 0 Å². The molecule has 3 atom stereocenters. The molecule has 1 saturated heterocycles. The SMILES string of the molecule is Nc1ncnc2c(CN3C[C@H](O)[C@H](O)[C@H]3CO)csc12. The van der Waals surface area contributed by atoms with Gasteiger partial charge in [-0.25, -0.2) is 9.97 Å². The number of aromatic nitrogens is 2. The number of β-amino-alcohol motifs (C(OH)–C–C–N with tert-alkyl or cyclic N) is 1. The Bertz CT molecular complexity index is 620. The summed E-state index contributed by atoms with van der Waals surface area (Å²) in [5.74, 6) is 0.450. The van der Waals surface area contributed by atoms with Gasteiger partial charge < -0.3 is 21.1 Å². The first-order valence-electron chi connectivity index (χ1n) is 6.29. The van der Waals surface area contributed by atoms with Crippen LogP contribution in [-0.4, -0.2) is 61.6 Å². The first kappa shape index (κ1) is 13.7. The summed E-state index contributed by atoms with van der Waals surface area (Å²) in [5, 5.41) is 30.8. The Hall–Kier alpha value is -1.32. The molecular weight excluding hydrogens is 280 g/mol. The number of thiophene rings is 1. The number of hydrogen-bond acceptors (Lipinski definition) is 8. The van der Waals surface area contributed by atoms with Crippen molar-refractivity contribution in [3.05, 3.63) is 17.3 Å². The molecule has 0 saturated carbocycles. The average molecular weight is 296 g/mol. The van der Waals surface area contributed by atoms with Crippen molar-refractivity contribution in [1.29, 1.82) is 0 Å². The molecule has 0 radical (unpaired) electrons. The highest BCUT2D eigenvalue weighted by Gasteiger charge is 2.39. The molecule has 0 aromatic carbocycles. The van der Waals surface area contributed by atoms with Crippen molar-refractivity contribution in [2.45, 2.75) is 24.8 Å². The van der Waals surface area contributed by atoms with E-state index >= 15 is 0 Å². The second kappa shape index (κ2) is 5.23. The largest absolute Gasteiger partial charge is 0.395 e. The van der Waals surface area contributed by atoms with Crippen molar-refractivity contribution in [3.8, 4) is 0 Å². The number of likely N-dealkylation sites (tertiary alicyclic amines) is 1. The van der Waals surface area contributed by atoms with E-state index in [0.717, 1.165) is 15.8 Å². The van der Waals surface area contributed by atoms with Gasteiger partial charge in [0.05, 0.1) is 35.1 Å². The lowest BCUT2D eigenvalue weighted by Crippen LogP contribution is -2.38. The fraction of sp³-hybridized carbons (Fsp3) is 0.500. The maximum absolute atomic E-state index is 9.82. The van der Waals surface area contributed by atoms with E-state index in [1.54, 1.807) is 0 Å². The molecule has 1 aliphatic rings. The summed E-state index contributed by atoms with van der Waals surface area (Å²) in [6.45, 7) is 0.623. The third-order valence-electron chi connectivity index (χ3n) is 3.69. The van der Waals surface area contributed by atoms with Crippen molar-refractivity contribution in [1.82, 2.24) is 14.9 Å². The van der Waals surface area contributed by atoms with Crippen LogP contribution in [0.5, 0.6) is 0 Å². The summed E-state index contributed by atoms with van der Waals surface area (Å²) in [4.78, 5) is 10.0. The maximum Gasteiger partial charge on any atom is 0.144 e. The van der Waals surface area contributed by atoms with E-state index in [2.05, 4.69) is 9.97 Å². The van der Waals surface area contributed by atoms with Crippen molar-refractivity contribution >= 4 is 27.4 Å². The van der Waals surface area contributed by atoms with Crippen LogP contribution < -0.4 is 5.73 Å². The molecule has 3 rings (SSSR count). The monoisotopic (exact) mass is 296 g/mol. The number of hydrogen-bond donors (Lipinski definition) is 4. The molecule has 3 heterocycles. The van der Waals surface area contributed by atoms with Gasteiger partial charge in [0, 0.05) is 18.7 Å². The molecule has 1 aliphatic heterocycles. The van der Waals surface area contributed by atoms with Gasteiger partial charge in [-0.2, -0.15) is 0 Å². The first-order valence-corrected chi connectivity index (χ1v) is 7.17. The van der Waals surface area contributed by atoms with Crippen molar-refractivity contribution in [3.63, 3.8) is 0 Å². The molecule has 0 unspecified atom stereocenters. The van der Waals surface area contributed by atoms with Crippen molar-refractivity contribution in [2.24, 2.45) is 0 Å². The van der Waals surface area contributed by atoms with Crippen LogP contribution >= 0.6 is 11.3 Å². The van der Waals surface area contributed by atoms with Crippen molar-refractivity contribution in [2.75, 3.05) is 18.9 Å². The van der Waals surface area contributed by atoms with Crippen LogP contribution in [0.15, 0.2) is 11.7 Å². The number of fused-ring (bicyclic) bond motifs is 1. The highest BCUT2D eigenvalue weighted by molar-refractivity contribution is 7.17. The summed E-state index contributed by atoms with van der Waals surface area (Å²) in [6.07, 6.45) is -0.341. The molecule has 0 aliphatic carbocycles. The Morgan fingerprint density at radius 1 is 1.40 bits per heavy atom. The number of aliphatic hydroxyl groups excluding tert-OH is 3. The molecular formula is C12H16N4O3S. The lowest BCUT2D eigenvalue weighted by atomic mass is 10.1. The predicted molar refractivity (Wildman–Crippen MR) is 75.1 cm³/mol. The predicted octanol–water partition coefficient (Wildman–Crippen LogP) is -0.828. The van der Waals surface area contributed by atoms with Crippen LogP contribution in [0.25, 0.3) is 10.2 Å². The first-order chi connectivity index (χ1) is 9.61. The van der Waals surface area contributed by atoms with E-state index in [4.69, 9.17) is 5.73 Å². The van der Waals surface area contributed by atoms with E-state index in [-0.39, 0.29) is 6.61 Å². The van der Waals surface area contributed by atoms with Crippen LogP contribution in [0.2, 0.25) is 0 Å². The van der Waals surface area contributed by atoms with Gasteiger partial charge in [-0.05, 0) is 5.38 Å². The fourth-order valence-corrected chi connectivity index (χ4v) is 3.53. The van der Waals surface area contributed by atoms with Crippen LogP contribution in [0.3, 0.4) is 0 Å². The van der Waals surface area contributed by atoms with Gasteiger partial charge in [0.1, 0.15) is 12.1 Å². The summed E-state index contributed by atoms with van der Waals surface area (Å²) >= 11 is 1.47. The van der Waals surface area contributed by atoms with Gasteiger partial charge >= 0.3 is 0 Å². The topological polar surface area (TPSA) is 116 Å². The van der Waals surface area contributed by atoms with Crippen LogP contribution in [0.1, 0.15) is 5.56 Å². The summed E-state index contributed by atoms with van der Waals surface area (Å²) in [6, 6.07) is -0.459. The molecule has 108 valence electrons. The van der Waals surface area contributed by atoms with Gasteiger partial charge in [0.2, 0.25) is 0 Å². The zero-order chi connectivity index (χ0) is 14.3. The average Bonchev–Trinajstić information content (AvgIpc) is 2.94. The molecule has 20 heavy (non-hydrogen) atoms. The standard InChI is InChI=1S/C12H16N4O3S/c13-12-11-9(14-5-15-12)6(4-20-11)1-16-2-8(18)10(19)7(16)3-17/h4-5,7-8,10,17-19H,1-3H2,(H2,13,14,15)/t7-,8+,10-/m1/s1. The quantitative estimate of drug-likeness (QED) is 0.584. The number of anilines is 1. The Balaban J connectivity index is 1.88. The molecule has 5 N–H and O–H groups in total. The molecule has 0 amide bonds. The Morgan fingerprint density at radius 3 is 2.95 bits per heavy atom. The number of aliphatic hydroxyl groups is 3. The van der Waals surface area contributed by atoms with E-state index < -0.39 is 18.2 Å². The summed E-state index contributed by atoms with van der Waals surface area (Å²) < 4.78 is 0.836. The fourth-order valence-electron chi connectivity index (χ4n) is 2.61. The van der Waals surface area contributed by atoms with Crippen LogP contribution in [0, 0.1) is 0 Å². The van der Waals surface area contributed by atoms with Gasteiger partial charge in [-0.3, -0.25) is 4.90 Å². The normalized spacial score (nSPS) is 27.4. The van der Waals surface area contributed by atoms with Gasteiger partial charge in [-0.1, -0.05) is 0 Å². The van der Waals surface area contributed by atoms with Crippen LogP contribution in [-0.2, 0) is 6.54 Å². The molecule has 0 bridgehead atoms. The van der Waals surface area contributed by atoms with E-state index in [0.29, 0.717) is 18.9 Å². The third-order valence-corrected chi connectivity index (χ3v) is 4.73. The van der Waals surface area contributed by atoms with E-state index in [1.165, 1.54) is 17.7 Å². The lowest BCUT2D eigenvalue weighted by molar-refractivity contribution is 0.0211. The van der Waals surface area contributed by atoms with E-state index in [1.807, 2.05) is 10.3 Å². The highest BCUT2D eigenvalue weighted by Crippen LogP contribution is 2.30. The van der Waals surface area contributed by atoms with Gasteiger partial charge in [0.25, 0.3) is 0 Å². The molecule has 7 nitrogen and oxygen atoms in total. The number of nitrogen functional groups attached to an aromatic ring is 1. The van der Waals surface area contributed by atoms with Crippen molar-refractivity contribution < 1.29 is 15.3 Å². The Labute approximate surface area is 119 Å². The molecule has 0 spiro atoms. The molecule has 2 aromatic rings. The smallest absolute Gasteiger partial charge is 0.144 e. The minimum absolute atomic E-state index is 0.197. The zero-order valence-corrected chi connectivity index (χ0v) is 11.5. The zero-order valence-electron chi connectivity index (χ0n) is 10.7. The van der Waals surface area contributed by atoms with Gasteiger partial charge in [-0.15, -0.1) is 11.3 Å². The second-order valence-electron chi connectivity index (χ2n) is 4.93. The minimum Gasteiger partial charge on any atom is -0.395 e. The third kappa shape index (κ3) is 2.15. The number of nitrogens with two attached hydrogens (primary N) is 1. The summed E-state index contributed by atoms with van der Waals surface area (Å²) in [7, 11) is 0. The van der Waals surface area contributed by atoms with Crippen LogP contribution in [0.4, 0.5) is 5.82 Å². The number of rotatable bonds is 3. The second-order valence-corrected chi connectivity index (χ2v) is 5.81. The molecule has 2 aromatic heterocycles. The van der Waals surface area contributed by atoms with E-state index in [9.17, 15) is 15.3 Å². The molecule has 1 fully saturated rings. The Morgan fingerprint density at radius 2 is 2.20 bits per heavy atom. The lowest BCUT2D eigenvalue weighted by Gasteiger charge is -2.23. The minimum atomic E-state index is -0.926. The number of nitrogens with zero attached hydrogens (tertiary/aromatic N) is 3. The molecule has 8 heteroatoms. The Kier molecular flexibility index (Phi) is 3.57. The maximum atomic E-state index is 9.82. The summed E-state index contributed by atoms with van der Waals surface area (Å²) in [5.41, 5.74) is 7.55. The highest BCUT2D eigenvalue weighted by atomic mass is 32.1.